The van der Waals surface area contributed by atoms with Crippen molar-refractivity contribution >= 4 is 22.4 Å². The molecule has 0 aliphatic rings. The summed E-state index contributed by atoms with van der Waals surface area (Å²) < 4.78 is 9.45. The van der Waals surface area contributed by atoms with Gasteiger partial charge in [0.05, 0.1) is 19.8 Å². The third kappa shape index (κ3) is 3.83. The van der Waals surface area contributed by atoms with Crippen LogP contribution in [0, 0.1) is 6.92 Å². The molecule has 17 heavy (non-hydrogen) atoms. The van der Waals surface area contributed by atoms with E-state index in [9.17, 15) is 0 Å². The Morgan fingerprint density at radius 2 is 2.18 bits per heavy atom. The zero-order valence-corrected chi connectivity index (χ0v) is 11.5. The number of nitrogens with zero attached hydrogens (tertiary/aromatic N) is 2. The molecule has 1 aromatic heterocycles. The van der Waals surface area contributed by atoms with Crippen LogP contribution >= 0.6 is 11.5 Å². The van der Waals surface area contributed by atoms with E-state index in [2.05, 4.69) is 23.1 Å². The summed E-state index contributed by atoms with van der Waals surface area (Å²) in [5.74, 6) is 0.604. The molecule has 0 amide bonds. The third-order valence-electron chi connectivity index (χ3n) is 2.53. The molecule has 0 aliphatic carbocycles. The van der Waals surface area contributed by atoms with Crippen LogP contribution in [0.4, 0.5) is 10.8 Å². The van der Waals surface area contributed by atoms with Crippen LogP contribution in [0.2, 0.25) is 0 Å². The largest absolute Gasteiger partial charge is 0.394 e. The molecule has 0 radical (unpaired) electrons. The van der Waals surface area contributed by atoms with Crippen LogP contribution in [0.5, 0.6) is 0 Å². The molecule has 0 aromatic carbocycles. The Bertz CT molecular complexity index is 341. The summed E-state index contributed by atoms with van der Waals surface area (Å²) >= 11 is 1.42. The molecule has 1 rings (SSSR count). The highest BCUT2D eigenvalue weighted by Crippen LogP contribution is 2.30. The predicted octanol–water partition coefficient (Wildman–Crippen LogP) is 1.26. The average Bonchev–Trinajstić information content (AvgIpc) is 2.60. The van der Waals surface area contributed by atoms with E-state index >= 15 is 0 Å². The van der Waals surface area contributed by atoms with Gasteiger partial charge in [0.2, 0.25) is 0 Å². The van der Waals surface area contributed by atoms with E-state index in [0.29, 0.717) is 25.1 Å². The van der Waals surface area contributed by atoms with Crippen molar-refractivity contribution < 1.29 is 9.84 Å². The quantitative estimate of drug-likeness (QED) is 0.721. The number of hydrogen-bond acceptors (Lipinski definition) is 6. The van der Waals surface area contributed by atoms with Gasteiger partial charge in [-0.15, -0.1) is 0 Å². The maximum Gasteiger partial charge on any atom is 0.142 e. The van der Waals surface area contributed by atoms with Gasteiger partial charge in [-0.2, -0.15) is 4.37 Å². The molecule has 3 N–H and O–H groups in total. The van der Waals surface area contributed by atoms with E-state index in [1.54, 1.807) is 0 Å². The molecule has 5 nitrogen and oxygen atoms in total. The Balaban J connectivity index is 2.63. The highest BCUT2D eigenvalue weighted by Gasteiger charge is 2.17. The molecule has 98 valence electrons. The molecule has 0 atom stereocenters. The SMILES string of the molecule is Cc1c(N)nsc1N(CCOCCO)C(C)C. The fraction of sp³-hybridized carbons (Fsp3) is 0.727. The topological polar surface area (TPSA) is 71.6 Å². The lowest BCUT2D eigenvalue weighted by Crippen LogP contribution is -2.34. The van der Waals surface area contributed by atoms with Gasteiger partial charge in [-0.05, 0) is 32.3 Å². The Morgan fingerprint density at radius 1 is 1.47 bits per heavy atom. The van der Waals surface area contributed by atoms with Gasteiger partial charge in [0.1, 0.15) is 10.8 Å². The van der Waals surface area contributed by atoms with Crippen LogP contribution in [-0.4, -0.2) is 41.9 Å². The zero-order chi connectivity index (χ0) is 12.8. The Hall–Kier alpha value is -0.850. The number of anilines is 2. The summed E-state index contributed by atoms with van der Waals surface area (Å²) in [5.41, 5.74) is 6.80. The number of hydrogen-bond donors (Lipinski definition) is 2. The minimum atomic E-state index is 0.0637. The van der Waals surface area contributed by atoms with Crippen LogP contribution in [0.15, 0.2) is 0 Å². The summed E-state index contributed by atoms with van der Waals surface area (Å²) in [6, 6.07) is 0.367. The van der Waals surface area contributed by atoms with Crippen molar-refractivity contribution in [3.63, 3.8) is 0 Å². The summed E-state index contributed by atoms with van der Waals surface area (Å²) in [5, 5.41) is 9.74. The van der Waals surface area contributed by atoms with Gasteiger partial charge < -0.3 is 20.5 Å². The minimum Gasteiger partial charge on any atom is -0.394 e. The summed E-state index contributed by atoms with van der Waals surface area (Å²) in [6.45, 7) is 8.06. The number of nitrogen functional groups attached to an aromatic ring is 1. The number of rotatable bonds is 7. The van der Waals surface area contributed by atoms with Crippen LogP contribution in [0.3, 0.4) is 0 Å². The van der Waals surface area contributed by atoms with Crippen molar-refractivity contribution in [3.8, 4) is 0 Å². The second-order valence-electron chi connectivity index (χ2n) is 4.12. The normalized spacial score (nSPS) is 11.1. The van der Waals surface area contributed by atoms with Gasteiger partial charge in [0.15, 0.2) is 0 Å². The van der Waals surface area contributed by atoms with Gasteiger partial charge >= 0.3 is 0 Å². The van der Waals surface area contributed by atoms with E-state index in [1.165, 1.54) is 11.5 Å². The van der Waals surface area contributed by atoms with Crippen LogP contribution in [0.25, 0.3) is 0 Å². The molecule has 0 unspecified atom stereocenters. The lowest BCUT2D eigenvalue weighted by atomic mass is 10.2. The van der Waals surface area contributed by atoms with E-state index in [1.807, 2.05) is 6.92 Å². The first-order chi connectivity index (χ1) is 8.07. The van der Waals surface area contributed by atoms with Crippen LogP contribution in [-0.2, 0) is 4.74 Å². The fourth-order valence-electron chi connectivity index (χ4n) is 1.53. The second kappa shape index (κ2) is 6.78. The van der Waals surface area contributed by atoms with E-state index < -0.39 is 0 Å². The molecule has 1 heterocycles. The molecule has 1 aromatic rings. The van der Waals surface area contributed by atoms with Gasteiger partial charge in [-0.1, -0.05) is 0 Å². The Kier molecular flexibility index (Phi) is 5.67. The number of aromatic nitrogens is 1. The fourth-order valence-corrected chi connectivity index (χ4v) is 2.50. The molecule has 0 saturated carbocycles. The van der Waals surface area contributed by atoms with Gasteiger partial charge in [-0.25, -0.2) is 0 Å². The number of nitrogens with two attached hydrogens (primary N) is 1. The van der Waals surface area contributed by atoms with Crippen molar-refractivity contribution in [2.24, 2.45) is 0 Å². The number of ether oxygens (including phenoxy) is 1. The predicted molar refractivity (Wildman–Crippen MR) is 71.7 cm³/mol. The van der Waals surface area contributed by atoms with Gasteiger partial charge in [0, 0.05) is 18.2 Å². The lowest BCUT2D eigenvalue weighted by molar-refractivity contribution is 0.0962. The monoisotopic (exact) mass is 259 g/mol. The van der Waals surface area contributed by atoms with Crippen molar-refractivity contribution in [3.05, 3.63) is 5.56 Å². The van der Waals surface area contributed by atoms with Crippen LogP contribution < -0.4 is 10.6 Å². The molecule has 0 fully saturated rings. The number of aliphatic hydroxyl groups excluding tert-OH is 1. The maximum atomic E-state index is 8.64. The molecular weight excluding hydrogens is 238 g/mol. The molecular formula is C11H21N3O2S. The first-order valence-corrected chi connectivity index (χ1v) is 6.52. The highest BCUT2D eigenvalue weighted by atomic mass is 32.1. The smallest absolute Gasteiger partial charge is 0.142 e. The summed E-state index contributed by atoms with van der Waals surface area (Å²) in [7, 11) is 0. The minimum absolute atomic E-state index is 0.0637. The molecule has 0 aliphatic heterocycles. The molecule has 6 heteroatoms. The van der Waals surface area contributed by atoms with Crippen molar-refractivity contribution in [1.82, 2.24) is 4.37 Å². The maximum absolute atomic E-state index is 8.64. The second-order valence-corrected chi connectivity index (χ2v) is 4.87. The lowest BCUT2D eigenvalue weighted by Gasteiger charge is -2.27. The first kappa shape index (κ1) is 14.2. The van der Waals surface area contributed by atoms with Crippen molar-refractivity contribution in [2.75, 3.05) is 37.0 Å². The van der Waals surface area contributed by atoms with Gasteiger partial charge in [0.25, 0.3) is 0 Å². The average molecular weight is 259 g/mol. The zero-order valence-electron chi connectivity index (χ0n) is 10.6. The van der Waals surface area contributed by atoms with Gasteiger partial charge in [-0.3, -0.25) is 0 Å². The number of aliphatic hydroxyl groups is 1. The Labute approximate surface area is 106 Å². The molecule has 0 bridgehead atoms. The van der Waals surface area contributed by atoms with Crippen molar-refractivity contribution in [1.29, 1.82) is 0 Å². The van der Waals surface area contributed by atoms with Crippen molar-refractivity contribution in [2.45, 2.75) is 26.8 Å². The standard InChI is InChI=1S/C11H21N3O2S/c1-8(2)14(4-6-16-7-5-15)11-9(3)10(12)13-17-11/h8,15H,4-7H2,1-3H3,(H2,12,13). The first-order valence-electron chi connectivity index (χ1n) is 5.75. The highest BCUT2D eigenvalue weighted by molar-refractivity contribution is 7.10. The van der Waals surface area contributed by atoms with E-state index in [-0.39, 0.29) is 6.61 Å². The van der Waals surface area contributed by atoms with Crippen LogP contribution in [0.1, 0.15) is 19.4 Å². The summed E-state index contributed by atoms with van der Waals surface area (Å²) in [6.07, 6.45) is 0. The Morgan fingerprint density at radius 3 is 2.65 bits per heavy atom. The van der Waals surface area contributed by atoms with E-state index in [4.69, 9.17) is 15.6 Å². The molecule has 0 spiro atoms. The summed E-state index contributed by atoms with van der Waals surface area (Å²) in [4.78, 5) is 2.22. The third-order valence-corrected chi connectivity index (χ3v) is 3.53. The van der Waals surface area contributed by atoms with E-state index in [0.717, 1.165) is 17.1 Å². The molecule has 0 saturated heterocycles.